The van der Waals surface area contributed by atoms with Gasteiger partial charge in [0, 0.05) is 6.54 Å². The normalized spacial score (nSPS) is 19.0. The number of rotatable bonds is 3. The number of H-pyrrole nitrogens is 1. The third-order valence-electron chi connectivity index (χ3n) is 4.16. The van der Waals surface area contributed by atoms with Crippen LogP contribution in [0.1, 0.15) is 30.4 Å². The molecule has 1 unspecified atom stereocenters. The van der Waals surface area contributed by atoms with E-state index in [4.69, 9.17) is 4.42 Å². The van der Waals surface area contributed by atoms with Crippen molar-refractivity contribution in [2.45, 2.75) is 25.4 Å². The van der Waals surface area contributed by atoms with Crippen LogP contribution in [0.25, 0.3) is 10.9 Å². The fourth-order valence-corrected chi connectivity index (χ4v) is 3.11. The maximum atomic E-state index is 12.2. The third kappa shape index (κ3) is 2.31. The Labute approximate surface area is 126 Å². The van der Waals surface area contributed by atoms with E-state index < -0.39 is 0 Å². The molecule has 1 saturated heterocycles. The summed E-state index contributed by atoms with van der Waals surface area (Å²) in [7, 11) is 0. The number of aromatic amines is 1. The predicted octanol–water partition coefficient (Wildman–Crippen LogP) is 2.25. The fourth-order valence-electron chi connectivity index (χ4n) is 3.11. The molecule has 1 aliphatic rings. The van der Waals surface area contributed by atoms with Gasteiger partial charge in [-0.05, 0) is 31.5 Å². The minimum Gasteiger partial charge on any atom is -0.451 e. The van der Waals surface area contributed by atoms with Crippen molar-refractivity contribution in [3.05, 3.63) is 58.8 Å². The molecule has 1 aliphatic heterocycles. The molecular weight excluding hydrogens is 280 g/mol. The quantitative estimate of drug-likeness (QED) is 0.802. The molecule has 0 amide bonds. The molecule has 2 aromatic heterocycles. The Morgan fingerprint density at radius 3 is 3.14 bits per heavy atom. The lowest BCUT2D eigenvalue weighted by Crippen LogP contribution is -2.26. The monoisotopic (exact) mass is 296 g/mol. The van der Waals surface area contributed by atoms with Crippen molar-refractivity contribution in [3.8, 4) is 0 Å². The SMILES string of the molecule is O=c1[nH]c(C2CCCN2Cc2cocn2)nc2ccccc12. The molecule has 1 atom stereocenters. The molecule has 4 rings (SSSR count). The van der Waals surface area contributed by atoms with E-state index >= 15 is 0 Å². The summed E-state index contributed by atoms with van der Waals surface area (Å²) in [4.78, 5) is 26.3. The summed E-state index contributed by atoms with van der Waals surface area (Å²) in [6, 6.07) is 7.55. The highest BCUT2D eigenvalue weighted by Crippen LogP contribution is 2.31. The van der Waals surface area contributed by atoms with Gasteiger partial charge in [-0.2, -0.15) is 0 Å². The van der Waals surface area contributed by atoms with Crippen LogP contribution in [-0.2, 0) is 6.54 Å². The summed E-state index contributed by atoms with van der Waals surface area (Å²) in [5.41, 5.74) is 1.57. The van der Waals surface area contributed by atoms with Gasteiger partial charge in [0.2, 0.25) is 0 Å². The van der Waals surface area contributed by atoms with Crippen LogP contribution in [0.3, 0.4) is 0 Å². The van der Waals surface area contributed by atoms with Crippen LogP contribution in [0.5, 0.6) is 0 Å². The van der Waals surface area contributed by atoms with Crippen LogP contribution in [0.2, 0.25) is 0 Å². The van der Waals surface area contributed by atoms with Gasteiger partial charge >= 0.3 is 0 Å². The summed E-state index contributed by atoms with van der Waals surface area (Å²) in [6.07, 6.45) is 5.17. The second-order valence-electron chi connectivity index (χ2n) is 5.58. The van der Waals surface area contributed by atoms with Gasteiger partial charge in [-0.1, -0.05) is 12.1 Å². The molecule has 0 aliphatic carbocycles. The van der Waals surface area contributed by atoms with Crippen LogP contribution < -0.4 is 5.56 Å². The molecular formula is C16H16N4O2. The number of oxazole rings is 1. The van der Waals surface area contributed by atoms with Gasteiger partial charge in [0.15, 0.2) is 6.39 Å². The average Bonchev–Trinajstić information content (AvgIpc) is 3.19. The molecule has 0 bridgehead atoms. The first kappa shape index (κ1) is 13.2. The maximum absolute atomic E-state index is 12.2. The molecule has 0 spiro atoms. The molecule has 3 aromatic rings. The molecule has 0 radical (unpaired) electrons. The largest absolute Gasteiger partial charge is 0.451 e. The number of likely N-dealkylation sites (tertiary alicyclic amines) is 1. The maximum Gasteiger partial charge on any atom is 0.258 e. The fraction of sp³-hybridized carbons (Fsp3) is 0.312. The van der Waals surface area contributed by atoms with E-state index in [0.717, 1.165) is 36.4 Å². The second kappa shape index (κ2) is 5.38. The van der Waals surface area contributed by atoms with Crippen molar-refractivity contribution < 1.29 is 4.42 Å². The summed E-state index contributed by atoms with van der Waals surface area (Å²) in [6.45, 7) is 1.67. The lowest BCUT2D eigenvalue weighted by molar-refractivity contribution is 0.237. The number of hydrogen-bond acceptors (Lipinski definition) is 5. The first-order valence-corrected chi connectivity index (χ1v) is 7.41. The Hall–Kier alpha value is -2.47. The molecule has 112 valence electrons. The Bertz CT molecular complexity index is 841. The van der Waals surface area contributed by atoms with Gasteiger partial charge in [0.25, 0.3) is 5.56 Å². The number of hydrogen-bond donors (Lipinski definition) is 1. The van der Waals surface area contributed by atoms with Crippen molar-refractivity contribution in [2.75, 3.05) is 6.54 Å². The third-order valence-corrected chi connectivity index (χ3v) is 4.16. The molecule has 6 heteroatoms. The topological polar surface area (TPSA) is 75.0 Å². The van der Waals surface area contributed by atoms with Crippen LogP contribution in [0.15, 0.2) is 46.1 Å². The smallest absolute Gasteiger partial charge is 0.258 e. The van der Waals surface area contributed by atoms with E-state index in [2.05, 4.69) is 19.9 Å². The highest BCUT2D eigenvalue weighted by molar-refractivity contribution is 5.77. The van der Waals surface area contributed by atoms with Crippen LogP contribution >= 0.6 is 0 Å². The zero-order valence-electron chi connectivity index (χ0n) is 12.0. The molecule has 0 saturated carbocycles. The number of fused-ring (bicyclic) bond motifs is 1. The van der Waals surface area contributed by atoms with Gasteiger partial charge < -0.3 is 9.40 Å². The van der Waals surface area contributed by atoms with Crippen molar-refractivity contribution in [1.29, 1.82) is 0 Å². The summed E-state index contributed by atoms with van der Waals surface area (Å²) in [5, 5.41) is 0.632. The lowest BCUT2D eigenvalue weighted by Gasteiger charge is -2.22. The number of aromatic nitrogens is 3. The van der Waals surface area contributed by atoms with E-state index in [1.54, 1.807) is 12.3 Å². The van der Waals surface area contributed by atoms with E-state index in [-0.39, 0.29) is 11.6 Å². The first-order chi connectivity index (χ1) is 10.8. The van der Waals surface area contributed by atoms with Crippen LogP contribution in [0, 0.1) is 0 Å². The summed E-state index contributed by atoms with van der Waals surface area (Å²) < 4.78 is 5.03. The van der Waals surface area contributed by atoms with Crippen molar-refractivity contribution >= 4 is 10.9 Å². The number of nitrogens with zero attached hydrogens (tertiary/aromatic N) is 3. The predicted molar refractivity (Wildman–Crippen MR) is 81.3 cm³/mol. The zero-order valence-corrected chi connectivity index (χ0v) is 12.0. The minimum atomic E-state index is -0.0751. The van der Waals surface area contributed by atoms with Gasteiger partial charge in [-0.25, -0.2) is 9.97 Å². The Morgan fingerprint density at radius 2 is 2.27 bits per heavy atom. The van der Waals surface area contributed by atoms with Crippen molar-refractivity contribution in [2.24, 2.45) is 0 Å². The molecule has 1 N–H and O–H groups in total. The first-order valence-electron chi connectivity index (χ1n) is 7.41. The van der Waals surface area contributed by atoms with E-state index in [1.165, 1.54) is 6.39 Å². The highest BCUT2D eigenvalue weighted by atomic mass is 16.3. The Morgan fingerprint density at radius 1 is 1.36 bits per heavy atom. The number of para-hydroxylation sites is 1. The molecule has 1 fully saturated rings. The molecule has 1 aromatic carbocycles. The number of benzene rings is 1. The molecule has 22 heavy (non-hydrogen) atoms. The van der Waals surface area contributed by atoms with Gasteiger partial charge in [0.05, 0.1) is 22.6 Å². The Balaban J connectivity index is 1.69. The van der Waals surface area contributed by atoms with Gasteiger partial charge in [-0.15, -0.1) is 0 Å². The molecule has 6 nitrogen and oxygen atoms in total. The number of nitrogens with one attached hydrogen (secondary N) is 1. The zero-order chi connectivity index (χ0) is 14.9. The summed E-state index contributed by atoms with van der Waals surface area (Å²) >= 11 is 0. The standard InChI is InChI=1S/C16H16N4O2/c21-16-12-4-1-2-5-13(12)18-15(19-16)14-6-3-7-20(14)8-11-9-22-10-17-11/h1-2,4-5,9-10,14H,3,6-8H2,(H,18,19,21). The minimum absolute atomic E-state index is 0.0751. The Kier molecular flexibility index (Phi) is 3.23. The van der Waals surface area contributed by atoms with Gasteiger partial charge in [0.1, 0.15) is 12.1 Å². The summed E-state index contributed by atoms with van der Waals surface area (Å²) in [5.74, 6) is 0.740. The lowest BCUT2D eigenvalue weighted by atomic mass is 10.2. The molecule has 3 heterocycles. The van der Waals surface area contributed by atoms with Crippen molar-refractivity contribution in [1.82, 2.24) is 19.9 Å². The van der Waals surface area contributed by atoms with E-state index in [9.17, 15) is 4.79 Å². The van der Waals surface area contributed by atoms with E-state index in [0.29, 0.717) is 11.9 Å². The second-order valence-corrected chi connectivity index (χ2v) is 5.58. The average molecular weight is 296 g/mol. The van der Waals surface area contributed by atoms with Gasteiger partial charge in [-0.3, -0.25) is 9.69 Å². The highest BCUT2D eigenvalue weighted by Gasteiger charge is 2.28. The van der Waals surface area contributed by atoms with Crippen LogP contribution in [-0.4, -0.2) is 26.4 Å². The van der Waals surface area contributed by atoms with Crippen LogP contribution in [0.4, 0.5) is 0 Å². The van der Waals surface area contributed by atoms with E-state index in [1.807, 2.05) is 18.2 Å². The van der Waals surface area contributed by atoms with Crippen molar-refractivity contribution in [3.63, 3.8) is 0 Å².